The summed E-state index contributed by atoms with van der Waals surface area (Å²) in [5.74, 6) is -0.220. The smallest absolute Gasteiger partial charge is 0.123 e. The third-order valence-electron chi connectivity index (χ3n) is 3.29. The summed E-state index contributed by atoms with van der Waals surface area (Å²) in [6.45, 7) is 6.68. The topological polar surface area (TPSA) is 29.9 Å². The molecule has 0 bridgehead atoms. The molecule has 1 aromatic heterocycles. The van der Waals surface area contributed by atoms with E-state index in [0.29, 0.717) is 6.54 Å². The van der Waals surface area contributed by atoms with Crippen LogP contribution in [0.15, 0.2) is 18.2 Å². The number of rotatable bonds is 3. The van der Waals surface area contributed by atoms with Crippen LogP contribution in [0.25, 0.3) is 5.69 Å². The standard InChI is InChI=1S/C14H18FN3/c1-9-10(2)17-18(11(9)3)14-6-5-13(15)7-12(14)8-16-4/h5-7,16H,8H2,1-4H3. The van der Waals surface area contributed by atoms with Crippen molar-refractivity contribution < 1.29 is 4.39 Å². The number of hydrogen-bond acceptors (Lipinski definition) is 2. The van der Waals surface area contributed by atoms with Crippen molar-refractivity contribution in [3.63, 3.8) is 0 Å². The van der Waals surface area contributed by atoms with Crippen LogP contribution in [0, 0.1) is 26.6 Å². The van der Waals surface area contributed by atoms with E-state index >= 15 is 0 Å². The number of nitrogens with one attached hydrogen (secondary N) is 1. The lowest BCUT2D eigenvalue weighted by Crippen LogP contribution is -2.11. The van der Waals surface area contributed by atoms with Crippen LogP contribution in [-0.2, 0) is 6.54 Å². The van der Waals surface area contributed by atoms with Crippen LogP contribution >= 0.6 is 0 Å². The molecular weight excluding hydrogens is 229 g/mol. The molecular formula is C14H18FN3. The van der Waals surface area contributed by atoms with E-state index in [4.69, 9.17) is 0 Å². The summed E-state index contributed by atoms with van der Waals surface area (Å²) >= 11 is 0. The molecule has 2 rings (SSSR count). The second-order valence-electron chi connectivity index (χ2n) is 4.51. The summed E-state index contributed by atoms with van der Waals surface area (Å²) in [5, 5.41) is 7.57. The minimum absolute atomic E-state index is 0.220. The quantitative estimate of drug-likeness (QED) is 0.903. The van der Waals surface area contributed by atoms with E-state index in [1.54, 1.807) is 12.1 Å². The molecule has 0 unspecified atom stereocenters. The lowest BCUT2D eigenvalue weighted by molar-refractivity contribution is 0.622. The molecule has 0 aliphatic heterocycles. The molecule has 0 atom stereocenters. The number of aromatic nitrogens is 2. The maximum atomic E-state index is 13.3. The van der Waals surface area contributed by atoms with E-state index in [2.05, 4.69) is 17.3 Å². The van der Waals surface area contributed by atoms with Crippen LogP contribution in [0.1, 0.15) is 22.5 Å². The fourth-order valence-corrected chi connectivity index (χ4v) is 2.05. The zero-order valence-electron chi connectivity index (χ0n) is 11.2. The second kappa shape index (κ2) is 4.90. The number of aryl methyl sites for hydroxylation is 1. The Morgan fingerprint density at radius 1 is 1.28 bits per heavy atom. The monoisotopic (exact) mass is 247 g/mol. The third-order valence-corrected chi connectivity index (χ3v) is 3.29. The first kappa shape index (κ1) is 12.8. The van der Waals surface area contributed by atoms with Crippen LogP contribution in [0.5, 0.6) is 0 Å². The van der Waals surface area contributed by atoms with Gasteiger partial charge in [-0.3, -0.25) is 0 Å². The highest BCUT2D eigenvalue weighted by Gasteiger charge is 2.12. The fraction of sp³-hybridized carbons (Fsp3) is 0.357. The maximum absolute atomic E-state index is 13.3. The molecule has 0 saturated carbocycles. The van der Waals surface area contributed by atoms with E-state index in [1.165, 1.54) is 11.6 Å². The summed E-state index contributed by atoms with van der Waals surface area (Å²) in [6.07, 6.45) is 0. The molecule has 2 aromatic rings. The lowest BCUT2D eigenvalue weighted by Gasteiger charge is -2.11. The zero-order chi connectivity index (χ0) is 13.3. The van der Waals surface area contributed by atoms with E-state index in [1.807, 2.05) is 25.6 Å². The lowest BCUT2D eigenvalue weighted by atomic mass is 10.1. The van der Waals surface area contributed by atoms with Crippen molar-refractivity contribution in [1.29, 1.82) is 0 Å². The van der Waals surface area contributed by atoms with Gasteiger partial charge in [0.25, 0.3) is 0 Å². The molecule has 18 heavy (non-hydrogen) atoms. The van der Waals surface area contributed by atoms with Crippen molar-refractivity contribution >= 4 is 0 Å². The highest BCUT2D eigenvalue weighted by Crippen LogP contribution is 2.21. The van der Waals surface area contributed by atoms with Gasteiger partial charge in [0.05, 0.1) is 11.4 Å². The fourth-order valence-electron chi connectivity index (χ4n) is 2.05. The van der Waals surface area contributed by atoms with E-state index in [9.17, 15) is 4.39 Å². The van der Waals surface area contributed by atoms with Gasteiger partial charge < -0.3 is 5.32 Å². The Hall–Kier alpha value is -1.68. The first-order valence-electron chi connectivity index (χ1n) is 6.00. The van der Waals surface area contributed by atoms with Gasteiger partial charge in [0.1, 0.15) is 5.82 Å². The average molecular weight is 247 g/mol. The van der Waals surface area contributed by atoms with Crippen molar-refractivity contribution in [2.45, 2.75) is 27.3 Å². The summed E-state index contributed by atoms with van der Waals surface area (Å²) < 4.78 is 15.2. The van der Waals surface area contributed by atoms with Gasteiger partial charge in [-0.15, -0.1) is 0 Å². The Morgan fingerprint density at radius 3 is 2.56 bits per heavy atom. The van der Waals surface area contributed by atoms with Crippen molar-refractivity contribution in [3.8, 4) is 5.69 Å². The van der Waals surface area contributed by atoms with Crippen molar-refractivity contribution in [2.24, 2.45) is 0 Å². The molecule has 96 valence electrons. The van der Waals surface area contributed by atoms with Gasteiger partial charge in [0, 0.05) is 12.2 Å². The number of nitrogens with zero attached hydrogens (tertiary/aromatic N) is 2. The number of benzene rings is 1. The minimum atomic E-state index is -0.220. The van der Waals surface area contributed by atoms with E-state index in [0.717, 1.165) is 22.6 Å². The Bertz CT molecular complexity index is 573. The van der Waals surface area contributed by atoms with E-state index < -0.39 is 0 Å². The Labute approximate surface area is 107 Å². The molecule has 0 aliphatic rings. The Kier molecular flexibility index (Phi) is 3.48. The van der Waals surface area contributed by atoms with Crippen LogP contribution in [0.2, 0.25) is 0 Å². The molecule has 0 fully saturated rings. The minimum Gasteiger partial charge on any atom is -0.316 e. The van der Waals surface area contributed by atoms with Gasteiger partial charge in [0.15, 0.2) is 0 Å². The largest absolute Gasteiger partial charge is 0.316 e. The summed E-state index contributed by atoms with van der Waals surface area (Å²) in [4.78, 5) is 0. The zero-order valence-corrected chi connectivity index (χ0v) is 11.2. The summed E-state index contributed by atoms with van der Waals surface area (Å²) in [7, 11) is 1.85. The number of hydrogen-bond donors (Lipinski definition) is 1. The Morgan fingerprint density at radius 2 is 2.00 bits per heavy atom. The van der Waals surface area contributed by atoms with Gasteiger partial charge in [-0.1, -0.05) is 0 Å². The summed E-state index contributed by atoms with van der Waals surface area (Å²) in [6, 6.07) is 4.80. The van der Waals surface area contributed by atoms with Crippen LogP contribution in [0.4, 0.5) is 4.39 Å². The predicted octanol–water partition coefficient (Wildman–Crippen LogP) is 2.66. The molecule has 0 amide bonds. The molecule has 0 spiro atoms. The van der Waals surface area contributed by atoms with Crippen LogP contribution in [0.3, 0.4) is 0 Å². The normalized spacial score (nSPS) is 10.9. The van der Waals surface area contributed by atoms with Crippen molar-refractivity contribution in [1.82, 2.24) is 15.1 Å². The molecule has 0 aliphatic carbocycles. The van der Waals surface area contributed by atoms with Crippen molar-refractivity contribution in [2.75, 3.05) is 7.05 Å². The summed E-state index contributed by atoms with van der Waals surface area (Å²) in [5.41, 5.74) is 5.11. The van der Waals surface area contributed by atoms with Gasteiger partial charge >= 0.3 is 0 Å². The van der Waals surface area contributed by atoms with E-state index in [-0.39, 0.29) is 5.82 Å². The van der Waals surface area contributed by atoms with Crippen LogP contribution in [-0.4, -0.2) is 16.8 Å². The van der Waals surface area contributed by atoms with Gasteiger partial charge in [-0.25, -0.2) is 9.07 Å². The molecule has 3 nitrogen and oxygen atoms in total. The van der Waals surface area contributed by atoms with Gasteiger partial charge in [0.2, 0.25) is 0 Å². The molecule has 1 heterocycles. The van der Waals surface area contributed by atoms with Crippen LogP contribution < -0.4 is 5.32 Å². The third kappa shape index (κ3) is 2.16. The molecule has 4 heteroatoms. The molecule has 1 N–H and O–H groups in total. The SMILES string of the molecule is CNCc1cc(F)ccc1-n1nc(C)c(C)c1C. The first-order valence-corrected chi connectivity index (χ1v) is 6.00. The molecule has 0 radical (unpaired) electrons. The second-order valence-corrected chi connectivity index (χ2v) is 4.51. The van der Waals surface area contributed by atoms with Gasteiger partial charge in [-0.2, -0.15) is 5.10 Å². The average Bonchev–Trinajstić information content (AvgIpc) is 2.58. The van der Waals surface area contributed by atoms with Gasteiger partial charge in [-0.05, 0) is 57.1 Å². The maximum Gasteiger partial charge on any atom is 0.123 e. The highest BCUT2D eigenvalue weighted by molar-refractivity contribution is 5.43. The predicted molar refractivity (Wildman–Crippen MR) is 70.5 cm³/mol. The highest BCUT2D eigenvalue weighted by atomic mass is 19.1. The molecule has 1 aromatic carbocycles. The number of halogens is 1. The first-order chi connectivity index (χ1) is 8.54. The molecule has 0 saturated heterocycles. The Balaban J connectivity index is 2.59. The van der Waals surface area contributed by atoms with Crippen molar-refractivity contribution in [3.05, 3.63) is 46.5 Å².